The molecule has 120 valence electrons. The van der Waals surface area contributed by atoms with Gasteiger partial charge in [0.1, 0.15) is 0 Å². The highest BCUT2D eigenvalue weighted by molar-refractivity contribution is 5.86. The van der Waals surface area contributed by atoms with E-state index in [1.807, 2.05) is 0 Å². The Morgan fingerprint density at radius 2 is 1.67 bits per heavy atom. The quantitative estimate of drug-likeness (QED) is 0.844. The Morgan fingerprint density at radius 3 is 2.43 bits per heavy atom. The molecule has 0 aromatic heterocycles. The van der Waals surface area contributed by atoms with Crippen LogP contribution in [0.25, 0.3) is 0 Å². The van der Waals surface area contributed by atoms with Gasteiger partial charge < -0.3 is 10.2 Å². The van der Waals surface area contributed by atoms with Crippen molar-refractivity contribution in [1.29, 1.82) is 0 Å². The molecular weight excluding hydrogens is 262 g/mol. The minimum absolute atomic E-state index is 0.346. The SMILES string of the molecule is CC(C)(C(=O)N1CCCC2CCCCC21)N1CCNCC1. The topological polar surface area (TPSA) is 35.6 Å². The van der Waals surface area contributed by atoms with Crippen LogP contribution in [0.3, 0.4) is 0 Å². The Hall–Kier alpha value is -0.610. The van der Waals surface area contributed by atoms with Gasteiger partial charge in [0.05, 0.1) is 5.54 Å². The van der Waals surface area contributed by atoms with Crippen molar-refractivity contribution < 1.29 is 4.79 Å². The lowest BCUT2D eigenvalue weighted by Crippen LogP contribution is -2.63. The molecular formula is C17H31N3O. The fourth-order valence-electron chi connectivity index (χ4n) is 4.59. The zero-order valence-corrected chi connectivity index (χ0v) is 13.7. The lowest BCUT2D eigenvalue weighted by atomic mass is 9.77. The lowest BCUT2D eigenvalue weighted by molar-refractivity contribution is -0.149. The van der Waals surface area contributed by atoms with E-state index in [1.54, 1.807) is 0 Å². The molecule has 2 unspecified atom stereocenters. The first-order chi connectivity index (χ1) is 10.1. The Bertz CT molecular complexity index is 374. The fraction of sp³-hybridized carbons (Fsp3) is 0.941. The summed E-state index contributed by atoms with van der Waals surface area (Å²) < 4.78 is 0. The van der Waals surface area contributed by atoms with Crippen LogP contribution in [0.15, 0.2) is 0 Å². The second-order valence-corrected chi connectivity index (χ2v) is 7.55. The van der Waals surface area contributed by atoms with Crippen LogP contribution in [0.4, 0.5) is 0 Å². The van der Waals surface area contributed by atoms with Crippen LogP contribution in [0.1, 0.15) is 52.4 Å². The Balaban J connectivity index is 1.72. The molecule has 0 bridgehead atoms. The van der Waals surface area contributed by atoms with Gasteiger partial charge in [0, 0.05) is 38.8 Å². The van der Waals surface area contributed by atoms with Gasteiger partial charge in [-0.3, -0.25) is 9.69 Å². The number of carbonyl (C=O) groups excluding carboxylic acids is 1. The number of fused-ring (bicyclic) bond motifs is 1. The third kappa shape index (κ3) is 2.98. The van der Waals surface area contributed by atoms with Gasteiger partial charge >= 0.3 is 0 Å². The number of hydrogen-bond donors (Lipinski definition) is 1. The number of nitrogens with zero attached hydrogens (tertiary/aromatic N) is 2. The summed E-state index contributed by atoms with van der Waals surface area (Å²) in [4.78, 5) is 17.9. The van der Waals surface area contributed by atoms with Crippen molar-refractivity contribution in [3.8, 4) is 0 Å². The molecule has 2 saturated heterocycles. The normalized spacial score (nSPS) is 31.8. The van der Waals surface area contributed by atoms with E-state index in [4.69, 9.17) is 0 Å². The van der Waals surface area contributed by atoms with Crippen molar-refractivity contribution in [2.24, 2.45) is 5.92 Å². The van der Waals surface area contributed by atoms with Crippen molar-refractivity contribution in [3.63, 3.8) is 0 Å². The first kappa shape index (κ1) is 15.3. The molecule has 2 heterocycles. The predicted molar refractivity (Wildman–Crippen MR) is 85.2 cm³/mol. The highest BCUT2D eigenvalue weighted by Crippen LogP contribution is 2.36. The van der Waals surface area contributed by atoms with Crippen molar-refractivity contribution in [3.05, 3.63) is 0 Å². The summed E-state index contributed by atoms with van der Waals surface area (Å²) in [5, 5.41) is 3.38. The minimum Gasteiger partial charge on any atom is -0.338 e. The van der Waals surface area contributed by atoms with Crippen LogP contribution >= 0.6 is 0 Å². The zero-order valence-electron chi connectivity index (χ0n) is 13.7. The van der Waals surface area contributed by atoms with Crippen LogP contribution in [0, 0.1) is 5.92 Å². The maximum Gasteiger partial charge on any atom is 0.242 e. The molecule has 21 heavy (non-hydrogen) atoms. The largest absolute Gasteiger partial charge is 0.338 e. The molecule has 1 saturated carbocycles. The summed E-state index contributed by atoms with van der Waals surface area (Å²) in [6.45, 7) is 9.22. The summed E-state index contributed by atoms with van der Waals surface area (Å²) in [6.07, 6.45) is 7.77. The van der Waals surface area contributed by atoms with Crippen LogP contribution in [-0.2, 0) is 4.79 Å². The van der Waals surface area contributed by atoms with Gasteiger partial charge in [-0.15, -0.1) is 0 Å². The highest BCUT2D eigenvalue weighted by Gasteiger charge is 2.43. The van der Waals surface area contributed by atoms with E-state index >= 15 is 0 Å². The highest BCUT2D eigenvalue weighted by atomic mass is 16.2. The summed E-state index contributed by atoms with van der Waals surface area (Å²) in [6, 6.07) is 0.530. The van der Waals surface area contributed by atoms with Crippen molar-refractivity contribution in [2.75, 3.05) is 32.7 Å². The van der Waals surface area contributed by atoms with E-state index in [0.717, 1.165) is 38.6 Å². The number of amides is 1. The number of rotatable bonds is 2. The van der Waals surface area contributed by atoms with Crippen LogP contribution in [-0.4, -0.2) is 60.0 Å². The molecule has 0 aromatic carbocycles. The van der Waals surface area contributed by atoms with Gasteiger partial charge in [-0.05, 0) is 45.4 Å². The fourth-order valence-corrected chi connectivity index (χ4v) is 4.59. The van der Waals surface area contributed by atoms with E-state index in [9.17, 15) is 4.79 Å². The number of nitrogens with one attached hydrogen (secondary N) is 1. The second-order valence-electron chi connectivity index (χ2n) is 7.55. The monoisotopic (exact) mass is 293 g/mol. The Kier molecular flexibility index (Phi) is 4.55. The standard InChI is InChI=1S/C17H31N3O/c1-17(2,19-12-9-18-10-13-19)16(21)20-11-5-7-14-6-3-4-8-15(14)20/h14-15,18H,3-13H2,1-2H3. The average Bonchev–Trinajstić information content (AvgIpc) is 2.54. The third-order valence-corrected chi connectivity index (χ3v) is 5.94. The van der Waals surface area contributed by atoms with Crippen LogP contribution in [0.5, 0.6) is 0 Å². The molecule has 3 fully saturated rings. The molecule has 0 radical (unpaired) electrons. The smallest absolute Gasteiger partial charge is 0.242 e. The molecule has 0 spiro atoms. The van der Waals surface area contributed by atoms with E-state index in [1.165, 1.54) is 38.5 Å². The molecule has 1 amide bonds. The first-order valence-corrected chi connectivity index (χ1v) is 8.87. The van der Waals surface area contributed by atoms with Gasteiger partial charge in [0.25, 0.3) is 0 Å². The summed E-state index contributed by atoms with van der Waals surface area (Å²) in [7, 11) is 0. The average molecular weight is 293 g/mol. The number of hydrogen-bond acceptors (Lipinski definition) is 3. The molecule has 3 aliphatic rings. The van der Waals surface area contributed by atoms with Gasteiger partial charge in [-0.25, -0.2) is 0 Å². The van der Waals surface area contributed by atoms with Crippen molar-refractivity contribution >= 4 is 5.91 Å². The zero-order chi connectivity index (χ0) is 14.9. The minimum atomic E-state index is -0.346. The molecule has 1 aliphatic carbocycles. The lowest BCUT2D eigenvalue weighted by Gasteiger charge is -2.49. The molecule has 3 rings (SSSR count). The maximum atomic E-state index is 13.2. The van der Waals surface area contributed by atoms with E-state index in [-0.39, 0.29) is 5.54 Å². The molecule has 4 nitrogen and oxygen atoms in total. The van der Waals surface area contributed by atoms with Crippen molar-refractivity contribution in [1.82, 2.24) is 15.1 Å². The molecule has 2 aliphatic heterocycles. The predicted octanol–water partition coefficient (Wildman–Crippen LogP) is 1.85. The summed E-state index contributed by atoms with van der Waals surface area (Å²) in [5.74, 6) is 1.15. The molecule has 0 aromatic rings. The number of likely N-dealkylation sites (tertiary alicyclic amines) is 1. The van der Waals surface area contributed by atoms with E-state index in [0.29, 0.717) is 11.9 Å². The molecule has 2 atom stereocenters. The number of piperidine rings is 1. The van der Waals surface area contributed by atoms with E-state index < -0.39 is 0 Å². The Morgan fingerprint density at radius 1 is 1.00 bits per heavy atom. The third-order valence-electron chi connectivity index (χ3n) is 5.94. The van der Waals surface area contributed by atoms with Gasteiger partial charge in [-0.1, -0.05) is 12.8 Å². The Labute approximate surface area is 129 Å². The van der Waals surface area contributed by atoms with Crippen molar-refractivity contribution in [2.45, 2.75) is 64.0 Å². The van der Waals surface area contributed by atoms with Gasteiger partial charge in [0.15, 0.2) is 0 Å². The second kappa shape index (κ2) is 6.25. The maximum absolute atomic E-state index is 13.2. The molecule has 1 N–H and O–H groups in total. The first-order valence-electron chi connectivity index (χ1n) is 8.87. The van der Waals surface area contributed by atoms with Gasteiger partial charge in [-0.2, -0.15) is 0 Å². The van der Waals surface area contributed by atoms with Crippen LogP contribution < -0.4 is 5.32 Å². The molecule has 4 heteroatoms. The van der Waals surface area contributed by atoms with Gasteiger partial charge in [0.2, 0.25) is 5.91 Å². The van der Waals surface area contributed by atoms with Crippen LogP contribution in [0.2, 0.25) is 0 Å². The summed E-state index contributed by atoms with van der Waals surface area (Å²) in [5.41, 5.74) is -0.346. The number of carbonyl (C=O) groups is 1. The van der Waals surface area contributed by atoms with E-state index in [2.05, 4.69) is 29.0 Å². The number of piperazine rings is 1. The summed E-state index contributed by atoms with van der Waals surface area (Å²) >= 11 is 0.